The van der Waals surface area contributed by atoms with Crippen LogP contribution in [-0.4, -0.2) is 43.1 Å². The fourth-order valence-electron chi connectivity index (χ4n) is 1.37. The second kappa shape index (κ2) is 5.68. The number of nitrogens with zero attached hydrogens (tertiary/aromatic N) is 2. The van der Waals surface area contributed by atoms with Crippen molar-refractivity contribution in [2.75, 3.05) is 14.1 Å². The summed E-state index contributed by atoms with van der Waals surface area (Å²) in [5.74, 6) is -0.153. The predicted molar refractivity (Wildman–Crippen MR) is 52.0 cm³/mol. The summed E-state index contributed by atoms with van der Waals surface area (Å²) >= 11 is -1.52. The van der Waals surface area contributed by atoms with E-state index in [9.17, 15) is 4.79 Å². The van der Waals surface area contributed by atoms with E-state index in [0.29, 0.717) is 6.02 Å². The maximum absolute atomic E-state index is 10.6. The van der Waals surface area contributed by atoms with E-state index in [1.807, 2.05) is 25.9 Å². The molecule has 1 rings (SSSR count). The SMILES string of the molecule is CC(=O)[O][Hg][CH2][C@H]1N=C(N(C)C)O[C@@H]1C. The Kier molecular flexibility index (Phi) is 4.82. The summed E-state index contributed by atoms with van der Waals surface area (Å²) in [4.78, 5) is 16.9. The van der Waals surface area contributed by atoms with E-state index in [-0.39, 0.29) is 18.1 Å². The number of hydrogen-bond acceptors (Lipinski definition) is 5. The number of hydrogen-bond donors (Lipinski definition) is 0. The van der Waals surface area contributed by atoms with E-state index in [4.69, 9.17) is 7.38 Å². The second-order valence-corrected chi connectivity index (χ2v) is 8.78. The average Bonchev–Trinajstić information content (AvgIpc) is 2.47. The van der Waals surface area contributed by atoms with Crippen LogP contribution < -0.4 is 0 Å². The van der Waals surface area contributed by atoms with Gasteiger partial charge < -0.3 is 0 Å². The minimum absolute atomic E-state index is 0.109. The van der Waals surface area contributed by atoms with Gasteiger partial charge in [-0.3, -0.25) is 0 Å². The Bertz CT molecular complexity index is 268. The van der Waals surface area contributed by atoms with Crippen molar-refractivity contribution in [3.8, 4) is 0 Å². The molecule has 15 heavy (non-hydrogen) atoms. The normalized spacial score (nSPS) is 23.9. The molecule has 0 saturated heterocycles. The van der Waals surface area contributed by atoms with Gasteiger partial charge in [0.25, 0.3) is 0 Å². The van der Waals surface area contributed by atoms with Crippen LogP contribution in [0.25, 0.3) is 0 Å². The van der Waals surface area contributed by atoms with Gasteiger partial charge in [-0.1, -0.05) is 0 Å². The van der Waals surface area contributed by atoms with E-state index < -0.39 is 25.0 Å². The third-order valence-corrected chi connectivity index (χ3v) is 7.80. The third kappa shape index (κ3) is 3.97. The Hall–Kier alpha value is -0.325. The van der Waals surface area contributed by atoms with E-state index in [2.05, 4.69) is 4.99 Å². The quantitative estimate of drug-likeness (QED) is 0.653. The Morgan fingerprint density at radius 1 is 1.67 bits per heavy atom. The molecular weight excluding hydrogens is 385 g/mol. The first-order chi connectivity index (χ1) is 7.00. The Balaban J connectivity index is 2.38. The van der Waals surface area contributed by atoms with Crippen LogP contribution in [0.5, 0.6) is 0 Å². The van der Waals surface area contributed by atoms with Crippen LogP contribution in [0.15, 0.2) is 4.99 Å². The molecule has 0 amide bonds. The summed E-state index contributed by atoms with van der Waals surface area (Å²) in [6, 6.07) is 0.868. The van der Waals surface area contributed by atoms with Crippen molar-refractivity contribution in [1.29, 1.82) is 0 Å². The Morgan fingerprint density at radius 3 is 2.80 bits per heavy atom. The molecule has 6 heteroatoms. The molecule has 0 aromatic heterocycles. The summed E-state index contributed by atoms with van der Waals surface area (Å²) in [5, 5.41) is 0. The van der Waals surface area contributed by atoms with Gasteiger partial charge in [0, 0.05) is 0 Å². The van der Waals surface area contributed by atoms with Crippen molar-refractivity contribution < 1.29 is 37.2 Å². The van der Waals surface area contributed by atoms with Crippen LogP contribution in [0.4, 0.5) is 0 Å². The molecule has 0 aromatic rings. The molecule has 1 aliphatic heterocycles. The third-order valence-electron chi connectivity index (χ3n) is 2.21. The topological polar surface area (TPSA) is 51.1 Å². The van der Waals surface area contributed by atoms with Gasteiger partial charge in [0.05, 0.1) is 0 Å². The monoisotopic (exact) mass is 402 g/mol. The Labute approximate surface area is 103 Å². The van der Waals surface area contributed by atoms with Gasteiger partial charge >= 0.3 is 103 Å². The van der Waals surface area contributed by atoms with Gasteiger partial charge in [0.1, 0.15) is 0 Å². The number of carbonyl (C=O) groups excluding carboxylic acids is 1. The van der Waals surface area contributed by atoms with Crippen molar-refractivity contribution in [3.05, 3.63) is 0 Å². The van der Waals surface area contributed by atoms with Crippen LogP contribution in [0.1, 0.15) is 13.8 Å². The van der Waals surface area contributed by atoms with Crippen molar-refractivity contribution in [2.45, 2.75) is 29.9 Å². The Morgan fingerprint density at radius 2 is 2.33 bits per heavy atom. The fourth-order valence-corrected chi connectivity index (χ4v) is 6.21. The summed E-state index contributed by atoms with van der Waals surface area (Å²) in [6.45, 7) is 3.47. The molecule has 0 aliphatic carbocycles. The summed E-state index contributed by atoms with van der Waals surface area (Å²) in [6.07, 6.45) is 0.109. The number of carbonyl (C=O) groups is 1. The zero-order valence-corrected chi connectivity index (χ0v) is 15.2. The van der Waals surface area contributed by atoms with Crippen LogP contribution >= 0.6 is 0 Å². The molecule has 0 radical (unpaired) electrons. The summed E-state index contributed by atoms with van der Waals surface area (Å²) in [5.41, 5.74) is 0. The van der Waals surface area contributed by atoms with Crippen molar-refractivity contribution in [2.24, 2.45) is 4.99 Å². The van der Waals surface area contributed by atoms with Gasteiger partial charge in [-0.2, -0.15) is 0 Å². The number of rotatable bonds is 3. The van der Waals surface area contributed by atoms with Crippen LogP contribution in [0, 0.1) is 0 Å². The van der Waals surface area contributed by atoms with E-state index in [1.165, 1.54) is 6.92 Å². The van der Waals surface area contributed by atoms with Crippen molar-refractivity contribution >= 4 is 12.0 Å². The zero-order chi connectivity index (χ0) is 11.4. The van der Waals surface area contributed by atoms with Gasteiger partial charge in [0.15, 0.2) is 0 Å². The van der Waals surface area contributed by atoms with E-state index in [1.54, 1.807) is 0 Å². The fraction of sp³-hybridized carbons (Fsp3) is 0.778. The molecule has 0 unspecified atom stereocenters. The van der Waals surface area contributed by atoms with E-state index in [0.717, 1.165) is 3.93 Å². The molecule has 0 aromatic carbocycles. The molecule has 0 saturated carbocycles. The first-order valence-corrected chi connectivity index (χ1v) is 11.2. The number of ether oxygens (including phenoxy) is 1. The van der Waals surface area contributed by atoms with Gasteiger partial charge in [-0.05, 0) is 0 Å². The first-order valence-electron chi connectivity index (χ1n) is 5.06. The molecule has 0 bridgehead atoms. The standard InChI is InChI=1S/C7H13N2O.C2H4O2.Hg/c1-5-6(2)10-7(8-5)9(3)4;1-2(3)4;/h5-6H,1H2,2-4H3;1H3,(H,3,4);/q;;+1/p-1/t5-,6-;;/m1../s1. The molecule has 82 valence electrons. The van der Waals surface area contributed by atoms with Gasteiger partial charge in [-0.15, -0.1) is 0 Å². The minimum atomic E-state index is -1.52. The summed E-state index contributed by atoms with van der Waals surface area (Å²) < 4.78 is 11.6. The van der Waals surface area contributed by atoms with Crippen LogP contribution in [0.2, 0.25) is 3.93 Å². The molecule has 2 atom stereocenters. The zero-order valence-electron chi connectivity index (χ0n) is 9.69. The van der Waals surface area contributed by atoms with E-state index >= 15 is 0 Å². The molecule has 0 fully saturated rings. The van der Waals surface area contributed by atoms with Crippen molar-refractivity contribution in [1.82, 2.24) is 4.90 Å². The average molecular weight is 401 g/mol. The molecule has 1 heterocycles. The second-order valence-electron chi connectivity index (χ2n) is 3.83. The predicted octanol–water partition coefficient (Wildman–Crippen LogP) is 0.670. The van der Waals surface area contributed by atoms with Gasteiger partial charge in [0.2, 0.25) is 0 Å². The van der Waals surface area contributed by atoms with Crippen LogP contribution in [0.3, 0.4) is 0 Å². The number of amidine groups is 1. The maximum atomic E-state index is 10.6. The number of aliphatic imine (C=N–C) groups is 1. The first kappa shape index (κ1) is 12.7. The van der Waals surface area contributed by atoms with Crippen molar-refractivity contribution in [3.63, 3.8) is 0 Å². The summed E-state index contributed by atoms with van der Waals surface area (Å²) in [7, 11) is 3.81. The molecular formula is C9H16HgN2O3. The molecule has 5 nitrogen and oxygen atoms in total. The van der Waals surface area contributed by atoms with Crippen LogP contribution in [-0.2, 0) is 37.2 Å². The molecule has 0 spiro atoms. The molecule has 1 aliphatic rings. The molecule has 0 N–H and O–H groups in total. The van der Waals surface area contributed by atoms with Gasteiger partial charge in [-0.25, -0.2) is 0 Å².